The number of carbonyl (C=O) groups is 2. The number of benzene rings is 1. The van der Waals surface area contributed by atoms with Crippen LogP contribution in [0.15, 0.2) is 79.5 Å². The molecule has 0 spiro atoms. The minimum absolute atomic E-state index is 0.111. The molecule has 0 aliphatic carbocycles. The molecule has 210 valence electrons. The summed E-state index contributed by atoms with van der Waals surface area (Å²) in [5, 5.41) is 22.1. The zero-order valence-corrected chi connectivity index (χ0v) is 24.0. The van der Waals surface area contributed by atoms with Crippen molar-refractivity contribution in [3.05, 3.63) is 113 Å². The molecule has 0 fully saturated rings. The number of fused-ring (bicyclic) bond motifs is 2. The van der Waals surface area contributed by atoms with E-state index in [4.69, 9.17) is 0 Å². The summed E-state index contributed by atoms with van der Waals surface area (Å²) in [6.07, 6.45) is 2.90. The van der Waals surface area contributed by atoms with Crippen molar-refractivity contribution < 1.29 is 28.9 Å². The second-order valence-electron chi connectivity index (χ2n) is 8.18. The lowest BCUT2D eigenvalue weighted by Gasteiger charge is -2.08. The average molecular weight is 691 g/mol. The number of amides is 1. The van der Waals surface area contributed by atoms with E-state index < -0.39 is 34.5 Å². The summed E-state index contributed by atoms with van der Waals surface area (Å²) in [4.78, 5) is 55.3. The monoisotopic (exact) mass is 689 g/mol. The maximum absolute atomic E-state index is 12.9. The number of halogens is 3. The zero-order valence-electron chi connectivity index (χ0n) is 20.8. The first-order chi connectivity index (χ1) is 19.5. The Bertz CT molecular complexity index is 1930. The molecule has 4 aromatic heterocycles. The first kappa shape index (κ1) is 29.4. The third-order valence-electron chi connectivity index (χ3n) is 5.49. The highest BCUT2D eigenvalue weighted by Crippen LogP contribution is 2.16. The maximum Gasteiger partial charge on any atom is 0.360 e. The summed E-state index contributed by atoms with van der Waals surface area (Å²) >= 11 is 6.41. The van der Waals surface area contributed by atoms with Gasteiger partial charge in [-0.2, -0.15) is 0 Å². The van der Waals surface area contributed by atoms with Crippen LogP contribution in [0.1, 0.15) is 26.5 Å². The largest absolute Gasteiger partial charge is 0.501 e. The van der Waals surface area contributed by atoms with Gasteiger partial charge in [0.05, 0.1) is 7.11 Å². The average Bonchev–Trinajstić information content (AvgIpc) is 2.96. The maximum atomic E-state index is 12.9. The van der Waals surface area contributed by atoms with Crippen LogP contribution >= 0.6 is 31.9 Å². The summed E-state index contributed by atoms with van der Waals surface area (Å²) < 4.78 is 20.8. The highest BCUT2D eigenvalue weighted by atomic mass is 79.9. The molecule has 12 nitrogen and oxygen atoms in total. The van der Waals surface area contributed by atoms with Gasteiger partial charge in [0.1, 0.15) is 17.1 Å². The van der Waals surface area contributed by atoms with Crippen molar-refractivity contribution in [3.63, 3.8) is 0 Å². The molecule has 41 heavy (non-hydrogen) atoms. The second kappa shape index (κ2) is 12.3. The smallest absolute Gasteiger partial charge is 0.360 e. The minimum atomic E-state index is -0.856. The number of carbonyl (C=O) groups excluding carboxylic acids is 2. The minimum Gasteiger partial charge on any atom is -0.501 e. The fourth-order valence-electron chi connectivity index (χ4n) is 3.47. The van der Waals surface area contributed by atoms with E-state index in [2.05, 4.69) is 51.9 Å². The molecule has 1 aromatic carbocycles. The van der Waals surface area contributed by atoms with Crippen LogP contribution in [0.4, 0.5) is 4.39 Å². The van der Waals surface area contributed by atoms with Crippen LogP contribution in [-0.2, 0) is 11.3 Å². The quantitative estimate of drug-likeness (QED) is 0.240. The first-order valence-corrected chi connectivity index (χ1v) is 13.0. The Balaban J connectivity index is 0.000000201. The highest BCUT2D eigenvalue weighted by molar-refractivity contribution is 9.10. The van der Waals surface area contributed by atoms with E-state index in [9.17, 15) is 33.8 Å². The van der Waals surface area contributed by atoms with Gasteiger partial charge in [0, 0.05) is 27.9 Å². The van der Waals surface area contributed by atoms with E-state index >= 15 is 0 Å². The summed E-state index contributed by atoms with van der Waals surface area (Å²) in [5.41, 5.74) is -1.07. The van der Waals surface area contributed by atoms with Gasteiger partial charge in [0.2, 0.25) is 11.5 Å². The van der Waals surface area contributed by atoms with Crippen LogP contribution in [0, 0.1) is 5.82 Å². The molecule has 1 amide bonds. The lowest BCUT2D eigenvalue weighted by atomic mass is 10.2. The predicted molar refractivity (Wildman–Crippen MR) is 151 cm³/mol. The lowest BCUT2D eigenvalue weighted by Crippen LogP contribution is -2.27. The molecule has 3 N–H and O–H groups in total. The van der Waals surface area contributed by atoms with Crippen LogP contribution < -0.4 is 16.4 Å². The molecular weight excluding hydrogens is 673 g/mol. The van der Waals surface area contributed by atoms with E-state index in [-0.39, 0.29) is 35.0 Å². The molecular formula is C26H18Br2FN5O7. The Kier molecular flexibility index (Phi) is 8.78. The van der Waals surface area contributed by atoms with Crippen LogP contribution in [0.2, 0.25) is 0 Å². The van der Waals surface area contributed by atoms with Crippen molar-refractivity contribution in [2.24, 2.45) is 0 Å². The van der Waals surface area contributed by atoms with Gasteiger partial charge in [0.25, 0.3) is 5.91 Å². The number of ether oxygens (including phenoxy) is 1. The Morgan fingerprint density at radius 3 is 1.85 bits per heavy atom. The number of nitrogens with one attached hydrogen (secondary N) is 1. The number of esters is 1. The van der Waals surface area contributed by atoms with Crippen molar-refractivity contribution in [2.75, 3.05) is 7.11 Å². The standard InChI is InChI=1S/C16H11BrFN3O3.C10H7BrN2O4/c17-10-3-6-12-20-13(14(22)16(24)21(12)8-10)15(23)19-7-9-1-4-11(18)5-2-9;1-17-10(16)7-8(14)9(15)13-4-5(11)2-3-6(13)12-7/h1-6,8,22H,7H2,(H,19,23);2-4,14H,1H3. The molecule has 0 radical (unpaired) electrons. The van der Waals surface area contributed by atoms with E-state index in [1.54, 1.807) is 18.2 Å². The molecule has 0 aliphatic heterocycles. The molecule has 4 heterocycles. The van der Waals surface area contributed by atoms with Gasteiger partial charge in [-0.15, -0.1) is 0 Å². The fourth-order valence-corrected chi connectivity index (χ4v) is 4.15. The summed E-state index contributed by atoms with van der Waals surface area (Å²) in [6, 6.07) is 12.0. The van der Waals surface area contributed by atoms with Crippen molar-refractivity contribution >= 4 is 55.0 Å². The highest BCUT2D eigenvalue weighted by Gasteiger charge is 2.20. The number of hydrogen-bond donors (Lipinski definition) is 3. The molecule has 5 rings (SSSR count). The normalized spacial score (nSPS) is 10.6. The molecule has 0 saturated carbocycles. The first-order valence-electron chi connectivity index (χ1n) is 11.4. The van der Waals surface area contributed by atoms with Crippen molar-refractivity contribution in [3.8, 4) is 11.5 Å². The summed E-state index contributed by atoms with van der Waals surface area (Å²) in [7, 11) is 1.15. The molecule has 0 atom stereocenters. The summed E-state index contributed by atoms with van der Waals surface area (Å²) in [6.45, 7) is 0.111. The Morgan fingerprint density at radius 2 is 1.34 bits per heavy atom. The second-order valence-corrected chi connectivity index (χ2v) is 10.0. The van der Waals surface area contributed by atoms with Crippen LogP contribution in [-0.4, -0.2) is 48.0 Å². The third kappa shape index (κ3) is 6.41. The van der Waals surface area contributed by atoms with Gasteiger partial charge in [-0.05, 0) is 73.8 Å². The predicted octanol–water partition coefficient (Wildman–Crippen LogP) is 3.18. The number of nitrogens with zero attached hydrogens (tertiary/aromatic N) is 4. The molecule has 0 aliphatic rings. The molecule has 0 unspecified atom stereocenters. The number of pyridine rings is 2. The third-order valence-corrected chi connectivity index (χ3v) is 6.42. The van der Waals surface area contributed by atoms with E-state index in [1.165, 1.54) is 42.7 Å². The van der Waals surface area contributed by atoms with Crippen LogP contribution in [0.3, 0.4) is 0 Å². The van der Waals surface area contributed by atoms with Crippen LogP contribution in [0.25, 0.3) is 11.3 Å². The topological polar surface area (TPSA) is 165 Å². The van der Waals surface area contributed by atoms with Gasteiger partial charge in [-0.1, -0.05) is 12.1 Å². The van der Waals surface area contributed by atoms with Gasteiger partial charge in [0.15, 0.2) is 11.4 Å². The van der Waals surface area contributed by atoms with Gasteiger partial charge in [-0.3, -0.25) is 23.2 Å². The number of methoxy groups -OCH3 is 1. The Labute approximate surface area is 246 Å². The van der Waals surface area contributed by atoms with E-state index in [0.717, 1.165) is 15.9 Å². The zero-order chi connectivity index (χ0) is 29.8. The Hall–Kier alpha value is -4.63. The van der Waals surface area contributed by atoms with Crippen LogP contribution in [0.5, 0.6) is 11.5 Å². The summed E-state index contributed by atoms with van der Waals surface area (Å²) in [5.74, 6) is -3.39. The molecule has 15 heteroatoms. The lowest BCUT2D eigenvalue weighted by molar-refractivity contribution is 0.0590. The number of aromatic nitrogens is 4. The van der Waals surface area contributed by atoms with Crippen molar-refractivity contribution in [1.82, 2.24) is 24.1 Å². The number of aromatic hydroxyl groups is 2. The Morgan fingerprint density at radius 1 is 0.854 bits per heavy atom. The fraction of sp³-hybridized carbons (Fsp3) is 0.0769. The van der Waals surface area contributed by atoms with Gasteiger partial charge >= 0.3 is 17.1 Å². The number of hydrogen-bond acceptors (Lipinski definition) is 9. The molecule has 0 bridgehead atoms. The molecule has 5 aromatic rings. The van der Waals surface area contributed by atoms with E-state index in [1.807, 2.05) is 0 Å². The SMILES string of the molecule is COC(=O)c1nc2ccc(Br)cn2c(=O)c1O.O=C(NCc1ccc(F)cc1)c1nc2ccc(Br)cn2c(=O)c1O. The van der Waals surface area contributed by atoms with Gasteiger partial charge in [-0.25, -0.2) is 19.2 Å². The van der Waals surface area contributed by atoms with Crippen molar-refractivity contribution in [1.29, 1.82) is 0 Å². The molecule has 0 saturated heterocycles. The van der Waals surface area contributed by atoms with E-state index in [0.29, 0.717) is 14.5 Å². The van der Waals surface area contributed by atoms with Crippen molar-refractivity contribution in [2.45, 2.75) is 6.54 Å². The van der Waals surface area contributed by atoms with Gasteiger partial charge < -0.3 is 20.3 Å². The number of rotatable bonds is 4.